The van der Waals surface area contributed by atoms with Gasteiger partial charge in [-0.25, -0.2) is 0 Å². The van der Waals surface area contributed by atoms with E-state index in [2.05, 4.69) is 13.8 Å². The molecule has 2 aliphatic heterocycles. The maximum atomic E-state index is 9.63. The Morgan fingerprint density at radius 2 is 2.08 bits per heavy atom. The molecule has 0 aliphatic carbocycles. The van der Waals surface area contributed by atoms with Gasteiger partial charge in [-0.3, -0.25) is 0 Å². The Labute approximate surface area is 80.3 Å². The van der Waals surface area contributed by atoms with Gasteiger partial charge in [0.05, 0.1) is 6.10 Å². The van der Waals surface area contributed by atoms with Crippen molar-refractivity contribution in [2.45, 2.75) is 57.1 Å². The molecule has 2 saturated heterocycles. The fourth-order valence-corrected chi connectivity index (χ4v) is 5.68. The minimum Gasteiger partial charge on any atom is -0.386 e. The van der Waals surface area contributed by atoms with Gasteiger partial charge in [-0.15, -0.1) is 0 Å². The predicted octanol–water partition coefficient (Wildman–Crippen LogP) is 1.76. The zero-order valence-electron chi connectivity index (χ0n) is 8.32. The largest absolute Gasteiger partial charge is 0.386 e. The highest BCUT2D eigenvalue weighted by Gasteiger charge is 2.53. The minimum absolute atomic E-state index is 0.0310. The number of aliphatic hydroxyl groups is 1. The normalized spacial score (nSPS) is 45.2. The highest BCUT2D eigenvalue weighted by atomic mass is 28.4. The lowest BCUT2D eigenvalue weighted by Gasteiger charge is -2.26. The topological polar surface area (TPSA) is 38.7 Å². The monoisotopic (exact) mass is 202 g/mol. The third-order valence-corrected chi connectivity index (χ3v) is 7.28. The first-order chi connectivity index (χ1) is 6.14. The summed E-state index contributed by atoms with van der Waals surface area (Å²) < 4.78 is 11.6. The van der Waals surface area contributed by atoms with E-state index in [1.165, 1.54) is 12.8 Å². The van der Waals surface area contributed by atoms with E-state index in [-0.39, 0.29) is 6.10 Å². The summed E-state index contributed by atoms with van der Waals surface area (Å²) in [6.45, 7) is 4.29. The molecule has 0 aromatic carbocycles. The second-order valence-electron chi connectivity index (χ2n) is 4.38. The van der Waals surface area contributed by atoms with E-state index in [1.807, 2.05) is 0 Å². The molecule has 0 saturated carbocycles. The summed E-state index contributed by atoms with van der Waals surface area (Å²) in [5.41, 5.74) is 0.449. The van der Waals surface area contributed by atoms with Gasteiger partial charge in [-0.05, 0) is 18.0 Å². The van der Waals surface area contributed by atoms with Gasteiger partial charge in [0.2, 0.25) is 0 Å². The quantitative estimate of drug-likeness (QED) is 0.658. The third kappa shape index (κ3) is 1.56. The van der Waals surface area contributed by atoms with Gasteiger partial charge in [-0.1, -0.05) is 26.7 Å². The van der Waals surface area contributed by atoms with Crippen molar-refractivity contribution in [3.05, 3.63) is 0 Å². The van der Waals surface area contributed by atoms with Gasteiger partial charge in [-0.2, -0.15) is 0 Å². The molecule has 3 atom stereocenters. The van der Waals surface area contributed by atoms with Crippen molar-refractivity contribution < 1.29 is 14.0 Å². The highest BCUT2D eigenvalue weighted by molar-refractivity contribution is 6.69. The lowest BCUT2D eigenvalue weighted by Crippen LogP contribution is -2.40. The molecular weight excluding hydrogens is 184 g/mol. The van der Waals surface area contributed by atoms with Gasteiger partial charge in [0.15, 0.2) is 6.29 Å². The van der Waals surface area contributed by atoms with Crippen LogP contribution in [0.5, 0.6) is 0 Å². The fourth-order valence-electron chi connectivity index (χ4n) is 2.22. The zero-order valence-corrected chi connectivity index (χ0v) is 9.32. The molecule has 2 rings (SSSR count). The second kappa shape index (κ2) is 3.35. The molecule has 3 nitrogen and oxygen atoms in total. The Balaban J connectivity index is 2.18. The van der Waals surface area contributed by atoms with E-state index in [9.17, 15) is 5.11 Å². The van der Waals surface area contributed by atoms with E-state index in [1.54, 1.807) is 0 Å². The van der Waals surface area contributed by atoms with Gasteiger partial charge in [0.1, 0.15) is 0 Å². The second-order valence-corrected chi connectivity index (χ2v) is 8.13. The van der Waals surface area contributed by atoms with Gasteiger partial charge >= 0.3 is 8.56 Å². The first-order valence-electron chi connectivity index (χ1n) is 5.18. The summed E-state index contributed by atoms with van der Waals surface area (Å²) in [5, 5.41) is 9.63. The number of hydrogen-bond donors (Lipinski definition) is 1. The van der Waals surface area contributed by atoms with Crippen molar-refractivity contribution in [1.82, 2.24) is 0 Å². The van der Waals surface area contributed by atoms with Crippen LogP contribution in [0.4, 0.5) is 0 Å². The van der Waals surface area contributed by atoms with Crippen molar-refractivity contribution in [1.29, 1.82) is 0 Å². The van der Waals surface area contributed by atoms with Crippen LogP contribution >= 0.6 is 0 Å². The van der Waals surface area contributed by atoms with Crippen LogP contribution in [-0.2, 0) is 8.85 Å². The molecule has 76 valence electrons. The SMILES string of the molecule is CC(C)[Si]12CCCCC(O1)C(O)O2. The smallest absolute Gasteiger partial charge is 0.343 e. The fraction of sp³-hybridized carbons (Fsp3) is 1.00. The lowest BCUT2D eigenvalue weighted by molar-refractivity contribution is -0.0445. The van der Waals surface area contributed by atoms with Gasteiger partial charge in [0, 0.05) is 0 Å². The molecule has 0 aromatic rings. The molecule has 13 heavy (non-hydrogen) atoms. The van der Waals surface area contributed by atoms with E-state index in [0.717, 1.165) is 12.5 Å². The number of aliphatic hydroxyl groups excluding tert-OH is 1. The van der Waals surface area contributed by atoms with Crippen LogP contribution in [0.25, 0.3) is 0 Å². The Bertz CT molecular complexity index is 197. The number of rotatable bonds is 1. The Kier molecular flexibility index (Phi) is 2.48. The summed E-state index contributed by atoms with van der Waals surface area (Å²) in [6.07, 6.45) is 2.66. The zero-order chi connectivity index (χ0) is 9.47. The summed E-state index contributed by atoms with van der Waals surface area (Å²) >= 11 is 0. The van der Waals surface area contributed by atoms with Crippen LogP contribution in [0.2, 0.25) is 11.6 Å². The molecule has 2 bridgehead atoms. The standard InChI is InChI=1S/C9H18O3Si/c1-7(2)13-6-4-3-5-8(11-13)9(10)12-13/h7-10H,3-6H2,1-2H3. The molecule has 0 radical (unpaired) electrons. The van der Waals surface area contributed by atoms with Gasteiger partial charge in [0.25, 0.3) is 0 Å². The van der Waals surface area contributed by atoms with E-state index < -0.39 is 14.9 Å². The maximum absolute atomic E-state index is 9.63. The van der Waals surface area contributed by atoms with Crippen molar-refractivity contribution >= 4 is 8.56 Å². The first kappa shape index (κ1) is 9.64. The van der Waals surface area contributed by atoms with E-state index >= 15 is 0 Å². The molecule has 0 spiro atoms. The molecule has 0 aromatic heterocycles. The molecule has 0 amide bonds. The van der Waals surface area contributed by atoms with Crippen LogP contribution in [-0.4, -0.2) is 26.1 Å². The van der Waals surface area contributed by atoms with Crippen molar-refractivity contribution in [2.24, 2.45) is 0 Å². The maximum Gasteiger partial charge on any atom is 0.343 e. The molecule has 2 heterocycles. The van der Waals surface area contributed by atoms with E-state index in [0.29, 0.717) is 5.54 Å². The van der Waals surface area contributed by atoms with Crippen molar-refractivity contribution in [3.63, 3.8) is 0 Å². The molecule has 2 aliphatic rings. The van der Waals surface area contributed by atoms with E-state index in [4.69, 9.17) is 8.85 Å². The lowest BCUT2D eigenvalue weighted by atomic mass is 10.1. The Morgan fingerprint density at radius 3 is 2.77 bits per heavy atom. The van der Waals surface area contributed by atoms with Crippen LogP contribution < -0.4 is 0 Å². The average molecular weight is 202 g/mol. The molecular formula is C9H18O3Si. The molecule has 1 N–H and O–H groups in total. The van der Waals surface area contributed by atoms with Crippen molar-refractivity contribution in [2.75, 3.05) is 0 Å². The van der Waals surface area contributed by atoms with Gasteiger partial charge < -0.3 is 14.0 Å². The van der Waals surface area contributed by atoms with Crippen molar-refractivity contribution in [3.8, 4) is 0 Å². The highest BCUT2D eigenvalue weighted by Crippen LogP contribution is 2.41. The molecule has 3 unspecified atom stereocenters. The van der Waals surface area contributed by atoms with Crippen LogP contribution in [0, 0.1) is 0 Å². The molecule has 2 fully saturated rings. The average Bonchev–Trinajstić information content (AvgIpc) is 2.30. The molecule has 4 heteroatoms. The third-order valence-electron chi connectivity index (χ3n) is 3.13. The number of fused-ring (bicyclic) bond motifs is 2. The summed E-state index contributed by atoms with van der Waals surface area (Å²) in [4.78, 5) is 0. The Hall–Kier alpha value is 0.0969. The van der Waals surface area contributed by atoms with Crippen LogP contribution in [0.1, 0.15) is 33.1 Å². The summed E-state index contributed by atoms with van der Waals surface area (Å²) in [6, 6.07) is 1.05. The Morgan fingerprint density at radius 1 is 1.31 bits per heavy atom. The minimum atomic E-state index is -2.02. The summed E-state index contributed by atoms with van der Waals surface area (Å²) in [7, 11) is -2.02. The summed E-state index contributed by atoms with van der Waals surface area (Å²) in [5.74, 6) is 0. The van der Waals surface area contributed by atoms with Crippen LogP contribution in [0.15, 0.2) is 0 Å². The first-order valence-corrected chi connectivity index (χ1v) is 7.28. The predicted molar refractivity (Wildman–Crippen MR) is 51.5 cm³/mol. The number of hydrogen-bond acceptors (Lipinski definition) is 3. The van der Waals surface area contributed by atoms with Crippen LogP contribution in [0.3, 0.4) is 0 Å².